The van der Waals surface area contributed by atoms with Crippen molar-refractivity contribution >= 4 is 11.9 Å². The van der Waals surface area contributed by atoms with E-state index in [2.05, 4.69) is 32.0 Å². The number of carbonyl (C=O) groups excluding carboxylic acids is 1. The summed E-state index contributed by atoms with van der Waals surface area (Å²) in [7, 11) is 0. The molecule has 0 fully saturated rings. The molecule has 72 valence electrons. The van der Waals surface area contributed by atoms with E-state index in [0.717, 1.165) is 5.57 Å². The van der Waals surface area contributed by atoms with Crippen molar-refractivity contribution in [2.75, 3.05) is 0 Å². The highest BCUT2D eigenvalue weighted by atomic mass is 16.1. The highest BCUT2D eigenvalue weighted by Gasteiger charge is 2.23. The van der Waals surface area contributed by atoms with Gasteiger partial charge in [0.1, 0.15) is 0 Å². The minimum Gasteiger partial charge on any atom is -0.295 e. The van der Waals surface area contributed by atoms with E-state index < -0.39 is 0 Å². The molecule has 2 rings (SSSR count). The lowest BCUT2D eigenvalue weighted by atomic mass is 9.95. The minimum atomic E-state index is 0.186. The van der Waals surface area contributed by atoms with Crippen molar-refractivity contribution in [3.8, 4) is 0 Å². The lowest BCUT2D eigenvalue weighted by Gasteiger charge is -2.08. The molecular weight excluding hydrogens is 172 g/mol. The summed E-state index contributed by atoms with van der Waals surface area (Å²) in [5.41, 5.74) is 4.68. The van der Waals surface area contributed by atoms with Crippen molar-refractivity contribution in [3.63, 3.8) is 0 Å². The van der Waals surface area contributed by atoms with Crippen LogP contribution in [0.2, 0.25) is 0 Å². The van der Waals surface area contributed by atoms with E-state index in [0.29, 0.717) is 0 Å². The van der Waals surface area contributed by atoms with Gasteiger partial charge in [0.2, 0.25) is 0 Å². The molecule has 1 nitrogen and oxygen atoms in total. The molecule has 0 amide bonds. The summed E-state index contributed by atoms with van der Waals surface area (Å²) in [5, 5.41) is 0. The third-order valence-electron chi connectivity index (χ3n) is 2.89. The smallest absolute Gasteiger partial charge is 0.156 e. The first-order chi connectivity index (χ1) is 6.59. The molecule has 1 aliphatic rings. The fourth-order valence-electron chi connectivity index (χ4n) is 2.07. The summed E-state index contributed by atoms with van der Waals surface area (Å²) < 4.78 is 0. The van der Waals surface area contributed by atoms with E-state index >= 15 is 0 Å². The SMILES string of the molecule is CC(=O)C1=Cc2ccc(C)cc2C1C. The molecule has 0 saturated carbocycles. The Morgan fingerprint density at radius 3 is 2.71 bits per heavy atom. The maximum absolute atomic E-state index is 11.3. The Labute approximate surface area is 84.5 Å². The quantitative estimate of drug-likeness (QED) is 0.658. The number of benzene rings is 1. The van der Waals surface area contributed by atoms with Crippen molar-refractivity contribution in [2.24, 2.45) is 0 Å². The van der Waals surface area contributed by atoms with Gasteiger partial charge in [-0.2, -0.15) is 0 Å². The average molecular weight is 186 g/mol. The highest BCUT2D eigenvalue weighted by Crippen LogP contribution is 2.36. The van der Waals surface area contributed by atoms with Gasteiger partial charge in [0.15, 0.2) is 5.78 Å². The molecule has 0 bridgehead atoms. The number of ketones is 1. The molecule has 0 aliphatic heterocycles. The summed E-state index contributed by atoms with van der Waals surface area (Å²) in [6.07, 6.45) is 2.02. The third-order valence-corrected chi connectivity index (χ3v) is 2.89. The molecule has 1 aromatic rings. The zero-order valence-corrected chi connectivity index (χ0v) is 8.79. The van der Waals surface area contributed by atoms with Crippen LogP contribution in [-0.4, -0.2) is 5.78 Å². The lowest BCUT2D eigenvalue weighted by molar-refractivity contribution is -0.113. The Balaban J connectivity index is 2.51. The zero-order valence-electron chi connectivity index (χ0n) is 8.79. The van der Waals surface area contributed by atoms with E-state index in [4.69, 9.17) is 0 Å². The van der Waals surface area contributed by atoms with Crippen molar-refractivity contribution in [1.29, 1.82) is 0 Å². The number of hydrogen-bond donors (Lipinski definition) is 0. The van der Waals surface area contributed by atoms with Gasteiger partial charge in [-0.05, 0) is 31.1 Å². The second kappa shape index (κ2) is 3.09. The Hall–Kier alpha value is -1.37. The Bertz CT molecular complexity index is 427. The van der Waals surface area contributed by atoms with Gasteiger partial charge in [-0.25, -0.2) is 0 Å². The molecule has 0 N–H and O–H groups in total. The van der Waals surface area contributed by atoms with E-state index in [9.17, 15) is 4.79 Å². The van der Waals surface area contributed by atoms with Crippen LogP contribution in [0.1, 0.15) is 36.5 Å². The van der Waals surface area contributed by atoms with Gasteiger partial charge < -0.3 is 0 Å². The summed E-state index contributed by atoms with van der Waals surface area (Å²) in [4.78, 5) is 11.3. The standard InChI is InChI=1S/C13H14O/c1-8-4-5-11-7-12(10(3)14)9(2)13(11)6-8/h4-7,9H,1-3H3. The second-order valence-electron chi connectivity index (χ2n) is 4.01. The number of aryl methyl sites for hydroxylation is 1. The van der Waals surface area contributed by atoms with Gasteiger partial charge in [0.05, 0.1) is 0 Å². The number of carbonyl (C=O) groups is 1. The first kappa shape index (κ1) is 9.20. The van der Waals surface area contributed by atoms with Gasteiger partial charge in [-0.15, -0.1) is 0 Å². The fourth-order valence-corrected chi connectivity index (χ4v) is 2.07. The minimum absolute atomic E-state index is 0.186. The summed E-state index contributed by atoms with van der Waals surface area (Å²) >= 11 is 0. The van der Waals surface area contributed by atoms with Crippen LogP contribution in [0, 0.1) is 6.92 Å². The summed E-state index contributed by atoms with van der Waals surface area (Å²) in [5.74, 6) is 0.453. The van der Waals surface area contributed by atoms with Crippen LogP contribution in [0.4, 0.5) is 0 Å². The second-order valence-corrected chi connectivity index (χ2v) is 4.01. The maximum atomic E-state index is 11.3. The van der Waals surface area contributed by atoms with E-state index in [1.165, 1.54) is 16.7 Å². The number of rotatable bonds is 1. The van der Waals surface area contributed by atoms with Gasteiger partial charge in [0, 0.05) is 11.5 Å². The molecule has 0 saturated heterocycles. The predicted octanol–water partition coefficient (Wildman–Crippen LogP) is 3.08. The highest BCUT2D eigenvalue weighted by molar-refractivity contribution is 6.01. The third kappa shape index (κ3) is 1.29. The van der Waals surface area contributed by atoms with E-state index in [1.807, 2.05) is 6.08 Å². The van der Waals surface area contributed by atoms with Crippen LogP contribution in [0.3, 0.4) is 0 Å². The van der Waals surface area contributed by atoms with Crippen LogP contribution in [0.25, 0.3) is 6.08 Å². The monoisotopic (exact) mass is 186 g/mol. The predicted molar refractivity (Wildman–Crippen MR) is 58.3 cm³/mol. The van der Waals surface area contributed by atoms with Crippen LogP contribution in [-0.2, 0) is 4.79 Å². The maximum Gasteiger partial charge on any atom is 0.156 e. The largest absolute Gasteiger partial charge is 0.295 e. The average Bonchev–Trinajstić information content (AvgIpc) is 2.44. The van der Waals surface area contributed by atoms with Crippen molar-refractivity contribution in [2.45, 2.75) is 26.7 Å². The molecular formula is C13H14O. The molecule has 1 unspecified atom stereocenters. The fraction of sp³-hybridized carbons (Fsp3) is 0.308. The summed E-state index contributed by atoms with van der Waals surface area (Å²) in [6.45, 7) is 5.82. The van der Waals surface area contributed by atoms with E-state index in [1.54, 1.807) is 6.92 Å². The van der Waals surface area contributed by atoms with Gasteiger partial charge in [-0.3, -0.25) is 4.79 Å². The molecule has 0 aromatic heterocycles. The van der Waals surface area contributed by atoms with Crippen molar-refractivity contribution < 1.29 is 4.79 Å². The van der Waals surface area contributed by atoms with E-state index in [-0.39, 0.29) is 11.7 Å². The molecule has 0 radical (unpaired) electrons. The molecule has 1 heteroatoms. The molecule has 0 spiro atoms. The lowest BCUT2D eigenvalue weighted by Crippen LogP contribution is -2.01. The Kier molecular flexibility index (Phi) is 2.03. The topological polar surface area (TPSA) is 17.1 Å². The first-order valence-electron chi connectivity index (χ1n) is 4.92. The van der Waals surface area contributed by atoms with Gasteiger partial charge >= 0.3 is 0 Å². The zero-order chi connectivity index (χ0) is 10.3. The number of hydrogen-bond acceptors (Lipinski definition) is 1. The Morgan fingerprint density at radius 1 is 1.36 bits per heavy atom. The summed E-state index contributed by atoms with van der Waals surface area (Å²) in [6, 6.07) is 6.36. The Morgan fingerprint density at radius 2 is 2.07 bits per heavy atom. The number of Topliss-reactive ketones (excluding diaryl/α,β-unsaturated/α-hetero) is 1. The van der Waals surface area contributed by atoms with Gasteiger partial charge in [-0.1, -0.05) is 30.7 Å². The van der Waals surface area contributed by atoms with Crippen molar-refractivity contribution in [1.82, 2.24) is 0 Å². The van der Waals surface area contributed by atoms with Crippen LogP contribution < -0.4 is 0 Å². The normalized spacial score (nSPS) is 19.1. The first-order valence-corrected chi connectivity index (χ1v) is 4.92. The number of fused-ring (bicyclic) bond motifs is 1. The molecule has 1 aliphatic carbocycles. The van der Waals surface area contributed by atoms with Crippen LogP contribution >= 0.6 is 0 Å². The molecule has 1 atom stereocenters. The van der Waals surface area contributed by atoms with Crippen LogP contribution in [0.5, 0.6) is 0 Å². The van der Waals surface area contributed by atoms with Gasteiger partial charge in [0.25, 0.3) is 0 Å². The molecule has 14 heavy (non-hydrogen) atoms. The van der Waals surface area contributed by atoms with Crippen LogP contribution in [0.15, 0.2) is 23.8 Å². The van der Waals surface area contributed by atoms with Crippen molar-refractivity contribution in [3.05, 3.63) is 40.5 Å². The molecule has 0 heterocycles. The molecule has 1 aromatic carbocycles. The number of allylic oxidation sites excluding steroid dienone is 1.